The number of hydrogen-bond acceptors (Lipinski definition) is 4. The average molecular weight is 274 g/mol. The fourth-order valence-corrected chi connectivity index (χ4v) is 4.41. The zero-order valence-corrected chi connectivity index (χ0v) is 11.4. The van der Waals surface area contributed by atoms with Crippen molar-refractivity contribution in [1.29, 1.82) is 0 Å². The maximum Gasteiger partial charge on any atom is 0.248 e. The third kappa shape index (κ3) is 2.66. The largest absolute Gasteiger partial charge is 0.341 e. The van der Waals surface area contributed by atoms with E-state index in [0.717, 1.165) is 0 Å². The summed E-state index contributed by atoms with van der Waals surface area (Å²) in [6, 6.07) is 0. The minimum absolute atomic E-state index is 0.0266. The average Bonchev–Trinajstić information content (AvgIpc) is 2.53. The van der Waals surface area contributed by atoms with Gasteiger partial charge in [0.05, 0.1) is 18.1 Å². The van der Waals surface area contributed by atoms with Crippen LogP contribution in [-0.2, 0) is 19.4 Å². The summed E-state index contributed by atoms with van der Waals surface area (Å²) in [5.41, 5.74) is -0.896. The monoisotopic (exact) mass is 274 g/mol. The van der Waals surface area contributed by atoms with E-state index in [1.807, 2.05) is 0 Å². The molecule has 1 unspecified atom stereocenters. The summed E-state index contributed by atoms with van der Waals surface area (Å²) in [5, 5.41) is 2.63. The van der Waals surface area contributed by atoms with Crippen LogP contribution in [0.3, 0.4) is 0 Å². The van der Waals surface area contributed by atoms with Gasteiger partial charge in [0.1, 0.15) is 5.54 Å². The van der Waals surface area contributed by atoms with Crippen LogP contribution in [0.5, 0.6) is 0 Å². The molecule has 102 valence electrons. The SMILES string of the molecule is CC1(C)NC(=O)CN(CC2CCS(=O)(=O)C2)C1=O. The van der Waals surface area contributed by atoms with Gasteiger partial charge in [0.15, 0.2) is 9.84 Å². The van der Waals surface area contributed by atoms with Crippen LogP contribution in [0.1, 0.15) is 20.3 Å². The number of nitrogens with zero attached hydrogens (tertiary/aromatic N) is 1. The molecule has 2 saturated heterocycles. The van der Waals surface area contributed by atoms with E-state index >= 15 is 0 Å². The van der Waals surface area contributed by atoms with E-state index in [1.165, 1.54) is 4.90 Å². The summed E-state index contributed by atoms with van der Waals surface area (Å²) in [5.74, 6) is -0.0683. The predicted molar refractivity (Wildman–Crippen MR) is 65.6 cm³/mol. The van der Waals surface area contributed by atoms with Crippen molar-refractivity contribution in [1.82, 2.24) is 10.2 Å². The smallest absolute Gasteiger partial charge is 0.248 e. The molecule has 7 heteroatoms. The molecule has 2 heterocycles. The van der Waals surface area contributed by atoms with Crippen LogP contribution in [0.4, 0.5) is 0 Å². The molecule has 2 aliphatic rings. The Morgan fingerprint density at radius 3 is 2.61 bits per heavy atom. The first-order valence-electron chi connectivity index (χ1n) is 6.00. The quantitative estimate of drug-likeness (QED) is 0.711. The topological polar surface area (TPSA) is 83.6 Å². The van der Waals surface area contributed by atoms with Crippen LogP contribution in [0.15, 0.2) is 0 Å². The van der Waals surface area contributed by atoms with E-state index in [0.29, 0.717) is 13.0 Å². The lowest BCUT2D eigenvalue weighted by atomic mass is 9.99. The second-order valence-corrected chi connectivity index (χ2v) is 7.86. The molecule has 0 saturated carbocycles. The summed E-state index contributed by atoms with van der Waals surface area (Å²) in [6.45, 7) is 3.70. The van der Waals surface area contributed by atoms with Crippen molar-refractivity contribution >= 4 is 21.7 Å². The van der Waals surface area contributed by atoms with E-state index in [9.17, 15) is 18.0 Å². The Kier molecular flexibility index (Phi) is 3.12. The van der Waals surface area contributed by atoms with Crippen LogP contribution in [0.25, 0.3) is 0 Å². The van der Waals surface area contributed by atoms with Crippen LogP contribution in [0, 0.1) is 5.92 Å². The highest BCUT2D eigenvalue weighted by atomic mass is 32.2. The molecule has 1 N–H and O–H groups in total. The molecule has 2 aliphatic heterocycles. The van der Waals surface area contributed by atoms with Crippen LogP contribution >= 0.6 is 0 Å². The number of rotatable bonds is 2. The standard InChI is InChI=1S/C11H18N2O4S/c1-11(2)10(15)13(6-9(14)12-11)5-8-3-4-18(16,17)7-8/h8H,3-7H2,1-2H3,(H,12,14). The Labute approximate surface area is 107 Å². The molecule has 1 atom stereocenters. The lowest BCUT2D eigenvalue weighted by Crippen LogP contribution is -2.64. The van der Waals surface area contributed by atoms with Crippen LogP contribution in [0.2, 0.25) is 0 Å². The van der Waals surface area contributed by atoms with Crippen molar-refractivity contribution in [3.05, 3.63) is 0 Å². The van der Waals surface area contributed by atoms with Gasteiger partial charge in [-0.1, -0.05) is 0 Å². The Balaban J connectivity index is 2.05. The molecule has 6 nitrogen and oxygen atoms in total. The van der Waals surface area contributed by atoms with Crippen molar-refractivity contribution in [2.75, 3.05) is 24.6 Å². The first-order chi connectivity index (χ1) is 8.20. The van der Waals surface area contributed by atoms with Gasteiger partial charge in [0.25, 0.3) is 0 Å². The Hall–Kier alpha value is -1.11. The van der Waals surface area contributed by atoms with E-state index in [4.69, 9.17) is 0 Å². The van der Waals surface area contributed by atoms with Crippen LogP contribution in [-0.4, -0.2) is 55.3 Å². The van der Waals surface area contributed by atoms with Gasteiger partial charge in [-0.3, -0.25) is 9.59 Å². The van der Waals surface area contributed by atoms with Crippen molar-refractivity contribution in [2.24, 2.45) is 5.92 Å². The van der Waals surface area contributed by atoms with Gasteiger partial charge in [0.2, 0.25) is 11.8 Å². The summed E-state index contributed by atoms with van der Waals surface area (Å²) in [6.07, 6.45) is 0.578. The second kappa shape index (κ2) is 4.22. The summed E-state index contributed by atoms with van der Waals surface area (Å²) >= 11 is 0. The van der Waals surface area contributed by atoms with Gasteiger partial charge in [-0.2, -0.15) is 0 Å². The molecule has 0 aromatic carbocycles. The predicted octanol–water partition coefficient (Wildman–Crippen LogP) is -0.842. The second-order valence-electron chi connectivity index (χ2n) is 5.63. The first-order valence-corrected chi connectivity index (χ1v) is 7.82. The molecule has 0 aromatic heterocycles. The highest BCUT2D eigenvalue weighted by molar-refractivity contribution is 7.91. The van der Waals surface area contributed by atoms with Gasteiger partial charge < -0.3 is 10.2 Å². The molecule has 0 aliphatic carbocycles. The van der Waals surface area contributed by atoms with Crippen molar-refractivity contribution in [3.63, 3.8) is 0 Å². The van der Waals surface area contributed by atoms with E-state index in [1.54, 1.807) is 13.8 Å². The van der Waals surface area contributed by atoms with Gasteiger partial charge in [-0.05, 0) is 26.2 Å². The summed E-state index contributed by atoms with van der Waals surface area (Å²) in [7, 11) is -2.94. The van der Waals surface area contributed by atoms with E-state index in [-0.39, 0.29) is 35.8 Å². The zero-order chi connectivity index (χ0) is 13.6. The number of hydrogen-bond donors (Lipinski definition) is 1. The number of piperazine rings is 1. The molecule has 2 rings (SSSR count). The lowest BCUT2D eigenvalue weighted by molar-refractivity contribution is -0.148. The minimum Gasteiger partial charge on any atom is -0.341 e. The highest BCUT2D eigenvalue weighted by Gasteiger charge is 2.40. The van der Waals surface area contributed by atoms with Crippen molar-refractivity contribution in [3.8, 4) is 0 Å². The molecule has 18 heavy (non-hydrogen) atoms. The fraction of sp³-hybridized carbons (Fsp3) is 0.818. The van der Waals surface area contributed by atoms with Gasteiger partial charge >= 0.3 is 0 Å². The normalized spacial score (nSPS) is 30.3. The third-order valence-corrected chi connectivity index (χ3v) is 5.25. The number of amides is 2. The molecule has 2 fully saturated rings. The number of nitrogens with one attached hydrogen (secondary N) is 1. The van der Waals surface area contributed by atoms with E-state index < -0.39 is 15.4 Å². The van der Waals surface area contributed by atoms with Gasteiger partial charge in [0, 0.05) is 6.54 Å². The molecule has 2 amide bonds. The molecule has 0 bridgehead atoms. The Bertz CT molecular complexity index is 483. The maximum absolute atomic E-state index is 12.1. The molecule has 0 aromatic rings. The maximum atomic E-state index is 12.1. The van der Waals surface area contributed by atoms with E-state index in [2.05, 4.69) is 5.32 Å². The first kappa shape index (κ1) is 13.3. The third-order valence-electron chi connectivity index (χ3n) is 3.41. The zero-order valence-electron chi connectivity index (χ0n) is 10.6. The highest BCUT2D eigenvalue weighted by Crippen LogP contribution is 2.22. The molecule has 0 spiro atoms. The lowest BCUT2D eigenvalue weighted by Gasteiger charge is -2.38. The molecular weight excluding hydrogens is 256 g/mol. The van der Waals surface area contributed by atoms with Crippen molar-refractivity contribution < 1.29 is 18.0 Å². The number of carbonyl (C=O) groups is 2. The van der Waals surface area contributed by atoms with Crippen molar-refractivity contribution in [2.45, 2.75) is 25.8 Å². The van der Waals surface area contributed by atoms with Crippen LogP contribution < -0.4 is 5.32 Å². The Morgan fingerprint density at radius 1 is 1.39 bits per heavy atom. The van der Waals surface area contributed by atoms with Gasteiger partial charge in [-0.25, -0.2) is 8.42 Å². The summed E-state index contributed by atoms with van der Waals surface area (Å²) in [4.78, 5) is 25.1. The summed E-state index contributed by atoms with van der Waals surface area (Å²) < 4.78 is 22.7. The fourth-order valence-electron chi connectivity index (χ4n) is 2.56. The molecule has 0 radical (unpaired) electrons. The number of carbonyl (C=O) groups excluding carboxylic acids is 2. The molecular formula is C11H18N2O4S. The minimum atomic E-state index is -2.94. The Morgan fingerprint density at radius 2 is 2.06 bits per heavy atom. The van der Waals surface area contributed by atoms with Gasteiger partial charge in [-0.15, -0.1) is 0 Å². The number of sulfone groups is 1.